The van der Waals surface area contributed by atoms with Crippen molar-refractivity contribution in [1.82, 2.24) is 0 Å². The summed E-state index contributed by atoms with van der Waals surface area (Å²) in [6.45, 7) is 6.55. The number of esters is 3. The lowest BCUT2D eigenvalue weighted by Crippen LogP contribution is -2.30. The number of ether oxygens (including phenoxy) is 3. The van der Waals surface area contributed by atoms with Crippen LogP contribution in [0.5, 0.6) is 0 Å². The Kier molecular flexibility index (Phi) is 60.7. The second-order valence-electron chi connectivity index (χ2n) is 21.6. The Morgan fingerprint density at radius 3 is 0.827 bits per heavy atom. The summed E-state index contributed by atoms with van der Waals surface area (Å²) >= 11 is 0. The molecule has 0 aromatic rings. The van der Waals surface area contributed by atoms with E-state index < -0.39 is 6.10 Å². The molecule has 0 aromatic heterocycles. The summed E-state index contributed by atoms with van der Waals surface area (Å²) in [5, 5.41) is 0. The molecular weight excluding hydrogens is 925 g/mol. The topological polar surface area (TPSA) is 78.9 Å². The number of hydrogen-bond donors (Lipinski definition) is 0. The molecular formula is C69H122O6. The maximum Gasteiger partial charge on any atom is 0.306 e. The van der Waals surface area contributed by atoms with Crippen molar-refractivity contribution in [3.05, 3.63) is 72.9 Å². The SMILES string of the molecule is CC/C=C\C/C=C\C/C=C\C/C=C\C/C=C\CCCCCCCC(=O)OCC(COC(=O)CCCCCCCCCCCCCCCCCCC)OC(=O)CCCCCCCCCCC/C=C\CCCCCCCC. The van der Waals surface area contributed by atoms with Gasteiger partial charge in [-0.2, -0.15) is 0 Å². The van der Waals surface area contributed by atoms with E-state index in [2.05, 4.69) is 93.7 Å². The summed E-state index contributed by atoms with van der Waals surface area (Å²) in [6, 6.07) is 0. The van der Waals surface area contributed by atoms with E-state index in [0.717, 1.165) is 109 Å². The standard InChI is InChI=1S/C69H122O6/c1-4-7-10-13-16-19-22-25-28-31-33-34-36-38-41-44-47-50-53-56-59-62-68(71)74-65-66(64-73-67(70)61-58-55-52-49-46-43-40-37-30-27-24-21-18-15-12-9-6-3)75-69(72)63-60-57-54-51-48-45-42-39-35-32-29-26-23-20-17-14-11-8-5-2/h7,10,16,19,25-26,28-29,33-34,38,41,66H,4-6,8-9,11-15,17-18,20-24,27,30-32,35-37,39-40,42-65H2,1-3H3/b10-7-,19-16-,28-25-,29-26-,34-33-,41-38-. The van der Waals surface area contributed by atoms with Gasteiger partial charge in [0.15, 0.2) is 6.10 Å². The van der Waals surface area contributed by atoms with Crippen molar-refractivity contribution in [2.45, 2.75) is 335 Å². The molecule has 1 atom stereocenters. The molecule has 0 amide bonds. The lowest BCUT2D eigenvalue weighted by atomic mass is 10.0. The summed E-state index contributed by atoms with van der Waals surface area (Å²) < 4.78 is 16.9. The summed E-state index contributed by atoms with van der Waals surface area (Å²) in [7, 11) is 0. The molecule has 0 aliphatic heterocycles. The highest BCUT2D eigenvalue weighted by Crippen LogP contribution is 2.17. The number of unbranched alkanes of at least 4 members (excludes halogenated alkanes) is 36. The molecule has 6 nitrogen and oxygen atoms in total. The molecule has 6 heteroatoms. The van der Waals surface area contributed by atoms with Crippen molar-refractivity contribution in [2.75, 3.05) is 13.2 Å². The molecule has 0 N–H and O–H groups in total. The zero-order valence-electron chi connectivity index (χ0n) is 49.8. The highest BCUT2D eigenvalue weighted by atomic mass is 16.6. The van der Waals surface area contributed by atoms with Gasteiger partial charge in [-0.3, -0.25) is 14.4 Å². The fourth-order valence-electron chi connectivity index (χ4n) is 9.35. The fourth-order valence-corrected chi connectivity index (χ4v) is 9.35. The minimum Gasteiger partial charge on any atom is -0.462 e. The summed E-state index contributed by atoms with van der Waals surface area (Å²) in [5.41, 5.74) is 0. The average Bonchev–Trinajstić information content (AvgIpc) is 3.41. The van der Waals surface area contributed by atoms with Crippen LogP contribution in [0.2, 0.25) is 0 Å². The Morgan fingerprint density at radius 2 is 0.520 bits per heavy atom. The van der Waals surface area contributed by atoms with Crippen molar-refractivity contribution in [2.24, 2.45) is 0 Å². The van der Waals surface area contributed by atoms with Gasteiger partial charge in [0.05, 0.1) is 0 Å². The van der Waals surface area contributed by atoms with Gasteiger partial charge >= 0.3 is 17.9 Å². The van der Waals surface area contributed by atoms with Gasteiger partial charge in [0.25, 0.3) is 0 Å². The molecule has 0 saturated heterocycles. The Hall–Kier alpha value is -3.15. The highest BCUT2D eigenvalue weighted by Gasteiger charge is 2.19. The third-order valence-corrected chi connectivity index (χ3v) is 14.2. The Labute approximate surface area is 465 Å². The predicted octanol–water partition coefficient (Wildman–Crippen LogP) is 22.1. The number of hydrogen-bond acceptors (Lipinski definition) is 6. The first-order chi connectivity index (χ1) is 37.0. The van der Waals surface area contributed by atoms with Crippen LogP contribution in [0.3, 0.4) is 0 Å². The Balaban J connectivity index is 4.40. The first-order valence-corrected chi connectivity index (χ1v) is 32.4. The molecule has 0 rings (SSSR count). The third kappa shape index (κ3) is 61.6. The van der Waals surface area contributed by atoms with Crippen molar-refractivity contribution < 1.29 is 28.6 Å². The van der Waals surface area contributed by atoms with E-state index in [1.807, 2.05) is 0 Å². The fraction of sp³-hybridized carbons (Fsp3) is 0.783. The Bertz CT molecular complexity index is 1390. The molecule has 0 aliphatic rings. The molecule has 0 bridgehead atoms. The molecule has 0 fully saturated rings. The van der Waals surface area contributed by atoms with Gasteiger partial charge in [-0.15, -0.1) is 0 Å². The van der Waals surface area contributed by atoms with Gasteiger partial charge in [-0.05, 0) is 89.9 Å². The zero-order chi connectivity index (χ0) is 54.3. The van der Waals surface area contributed by atoms with Crippen molar-refractivity contribution in [3.63, 3.8) is 0 Å². The van der Waals surface area contributed by atoms with Crippen LogP contribution < -0.4 is 0 Å². The van der Waals surface area contributed by atoms with Gasteiger partial charge in [0.2, 0.25) is 0 Å². The second kappa shape index (κ2) is 63.4. The normalized spacial score (nSPS) is 12.5. The van der Waals surface area contributed by atoms with Crippen molar-refractivity contribution in [1.29, 1.82) is 0 Å². The van der Waals surface area contributed by atoms with Crippen molar-refractivity contribution >= 4 is 17.9 Å². The average molecular weight is 1050 g/mol. The van der Waals surface area contributed by atoms with E-state index >= 15 is 0 Å². The second-order valence-corrected chi connectivity index (χ2v) is 21.6. The van der Waals surface area contributed by atoms with Gasteiger partial charge < -0.3 is 14.2 Å². The molecule has 0 radical (unpaired) electrons. The van der Waals surface area contributed by atoms with E-state index in [4.69, 9.17) is 14.2 Å². The van der Waals surface area contributed by atoms with Gasteiger partial charge in [0.1, 0.15) is 13.2 Å². The van der Waals surface area contributed by atoms with Crippen LogP contribution in [0, 0.1) is 0 Å². The molecule has 0 saturated carbocycles. The minimum absolute atomic E-state index is 0.0792. The first kappa shape index (κ1) is 71.8. The number of allylic oxidation sites excluding steroid dienone is 12. The molecule has 0 heterocycles. The quantitative estimate of drug-likeness (QED) is 0.0261. The monoisotopic (exact) mass is 1050 g/mol. The highest BCUT2D eigenvalue weighted by molar-refractivity contribution is 5.71. The summed E-state index contributed by atoms with van der Waals surface area (Å²) in [5.74, 6) is -0.883. The maximum atomic E-state index is 12.9. The van der Waals surface area contributed by atoms with Crippen LogP contribution in [0.1, 0.15) is 329 Å². The molecule has 0 aromatic carbocycles. The lowest BCUT2D eigenvalue weighted by molar-refractivity contribution is -0.167. The number of carbonyl (C=O) groups is 3. The number of carbonyl (C=O) groups excluding carboxylic acids is 3. The molecule has 0 spiro atoms. The van der Waals surface area contributed by atoms with Crippen molar-refractivity contribution in [3.8, 4) is 0 Å². The Morgan fingerprint density at radius 1 is 0.280 bits per heavy atom. The van der Waals surface area contributed by atoms with E-state index in [-0.39, 0.29) is 31.1 Å². The van der Waals surface area contributed by atoms with Crippen LogP contribution in [0.4, 0.5) is 0 Å². The molecule has 0 aliphatic carbocycles. The van der Waals surface area contributed by atoms with Crippen LogP contribution >= 0.6 is 0 Å². The van der Waals surface area contributed by atoms with Gasteiger partial charge in [-0.25, -0.2) is 0 Å². The van der Waals surface area contributed by atoms with E-state index in [0.29, 0.717) is 19.3 Å². The smallest absolute Gasteiger partial charge is 0.306 e. The van der Waals surface area contributed by atoms with Crippen LogP contribution in [-0.4, -0.2) is 37.2 Å². The van der Waals surface area contributed by atoms with E-state index in [1.54, 1.807) is 0 Å². The first-order valence-electron chi connectivity index (χ1n) is 32.4. The van der Waals surface area contributed by atoms with Crippen LogP contribution in [0.25, 0.3) is 0 Å². The lowest BCUT2D eigenvalue weighted by Gasteiger charge is -2.18. The summed E-state index contributed by atoms with van der Waals surface area (Å²) in [6.07, 6.45) is 81.9. The van der Waals surface area contributed by atoms with Crippen LogP contribution in [0.15, 0.2) is 72.9 Å². The van der Waals surface area contributed by atoms with E-state index in [9.17, 15) is 14.4 Å². The molecule has 75 heavy (non-hydrogen) atoms. The van der Waals surface area contributed by atoms with Gasteiger partial charge in [-0.1, -0.05) is 293 Å². The zero-order valence-corrected chi connectivity index (χ0v) is 49.8. The number of rotatable bonds is 59. The van der Waals surface area contributed by atoms with Gasteiger partial charge in [0, 0.05) is 19.3 Å². The maximum absolute atomic E-state index is 12.9. The molecule has 434 valence electrons. The van der Waals surface area contributed by atoms with E-state index in [1.165, 1.54) is 180 Å². The van der Waals surface area contributed by atoms with Crippen LogP contribution in [-0.2, 0) is 28.6 Å². The minimum atomic E-state index is -0.785. The largest absolute Gasteiger partial charge is 0.462 e. The predicted molar refractivity (Wildman–Crippen MR) is 325 cm³/mol. The summed E-state index contributed by atoms with van der Waals surface area (Å²) in [4.78, 5) is 38.4. The third-order valence-electron chi connectivity index (χ3n) is 14.2. The molecule has 1 unspecified atom stereocenters.